The number of carbonyl (C=O) groups excluding carboxylic acids is 1. The Hall–Kier alpha value is -2.08. The molecule has 1 rings (SSSR count). The Morgan fingerprint density at radius 3 is 3.33 bits per heavy atom. The number of anilines is 1. The Labute approximate surface area is 66.2 Å². The summed E-state index contributed by atoms with van der Waals surface area (Å²) in [6.45, 7) is 0.000533. The molecule has 0 spiro atoms. The average molecular weight is 168 g/mol. The minimum absolute atomic E-state index is 0.000533. The van der Waals surface area contributed by atoms with E-state index in [0.717, 1.165) is 0 Å². The lowest BCUT2D eigenvalue weighted by molar-refractivity contribution is -0.105. The number of nitrogens with zero attached hydrogens (tertiary/aromatic N) is 5. The molecule has 12 heavy (non-hydrogen) atoms. The van der Waals surface area contributed by atoms with E-state index < -0.39 is 0 Å². The molecule has 1 aromatic heterocycles. The number of carbonyl (C=O) groups is 1. The topological polar surface area (TPSA) is 117 Å². The molecule has 1 aromatic rings. The lowest BCUT2D eigenvalue weighted by atomic mass is 10.6. The van der Waals surface area contributed by atoms with Gasteiger partial charge in [0.25, 0.3) is 0 Å². The molecule has 1 heterocycles. The standard InChI is InChI=1S/C4H4N6O2/c5-10-7-1-3-8-4(6-2-11)12-9-3/h2H,1H2,(H,6,8,9,11). The fourth-order valence-corrected chi connectivity index (χ4v) is 0.522. The molecule has 0 aliphatic heterocycles. The van der Waals surface area contributed by atoms with Crippen molar-refractivity contribution in [1.29, 1.82) is 0 Å². The van der Waals surface area contributed by atoms with E-state index in [1.165, 1.54) is 0 Å². The molecule has 8 heteroatoms. The fourth-order valence-electron chi connectivity index (χ4n) is 0.522. The molecule has 0 unspecified atom stereocenters. The van der Waals surface area contributed by atoms with Gasteiger partial charge in [-0.25, -0.2) is 0 Å². The van der Waals surface area contributed by atoms with Crippen LogP contribution in [-0.2, 0) is 11.3 Å². The highest BCUT2D eigenvalue weighted by Gasteiger charge is 2.02. The predicted octanol–water partition coefficient (Wildman–Crippen LogP) is 0.448. The fraction of sp³-hybridized carbons (Fsp3) is 0.250. The molecule has 0 aliphatic rings. The van der Waals surface area contributed by atoms with Crippen LogP contribution in [0, 0.1) is 0 Å². The zero-order valence-electron chi connectivity index (χ0n) is 5.84. The van der Waals surface area contributed by atoms with E-state index in [1.807, 2.05) is 0 Å². The van der Waals surface area contributed by atoms with Crippen molar-refractivity contribution < 1.29 is 9.32 Å². The monoisotopic (exact) mass is 168 g/mol. The second-order valence-corrected chi connectivity index (χ2v) is 1.67. The molecule has 0 saturated heterocycles. The van der Waals surface area contributed by atoms with Gasteiger partial charge in [-0.2, -0.15) is 4.98 Å². The van der Waals surface area contributed by atoms with Gasteiger partial charge < -0.3 is 4.52 Å². The Morgan fingerprint density at radius 1 is 1.83 bits per heavy atom. The van der Waals surface area contributed by atoms with Gasteiger partial charge in [-0.05, 0) is 5.53 Å². The van der Waals surface area contributed by atoms with Crippen LogP contribution in [0.3, 0.4) is 0 Å². The van der Waals surface area contributed by atoms with E-state index >= 15 is 0 Å². The van der Waals surface area contributed by atoms with Crippen molar-refractivity contribution >= 4 is 12.4 Å². The number of rotatable bonds is 4. The Balaban J connectivity index is 2.63. The lowest BCUT2D eigenvalue weighted by Crippen LogP contribution is -1.93. The van der Waals surface area contributed by atoms with E-state index in [1.54, 1.807) is 0 Å². The van der Waals surface area contributed by atoms with Crippen molar-refractivity contribution in [1.82, 2.24) is 10.1 Å². The van der Waals surface area contributed by atoms with Crippen LogP contribution in [0.4, 0.5) is 6.01 Å². The summed E-state index contributed by atoms with van der Waals surface area (Å²) >= 11 is 0. The molecule has 0 aromatic carbocycles. The molecular weight excluding hydrogens is 164 g/mol. The first-order chi connectivity index (χ1) is 5.86. The lowest BCUT2D eigenvalue weighted by Gasteiger charge is -1.81. The molecule has 0 bridgehead atoms. The van der Waals surface area contributed by atoms with Crippen LogP contribution in [-0.4, -0.2) is 16.6 Å². The third-order valence-corrected chi connectivity index (χ3v) is 0.926. The van der Waals surface area contributed by atoms with Gasteiger partial charge in [-0.1, -0.05) is 10.3 Å². The third-order valence-electron chi connectivity index (χ3n) is 0.926. The van der Waals surface area contributed by atoms with Gasteiger partial charge >= 0.3 is 6.01 Å². The number of nitrogens with one attached hydrogen (secondary N) is 1. The Bertz CT molecular complexity index is 313. The third kappa shape index (κ3) is 1.96. The SMILES string of the molecule is [N-]=[N+]=NCc1noc(NC=O)n1. The number of aromatic nitrogens is 2. The quantitative estimate of drug-likeness (QED) is 0.304. The zero-order valence-corrected chi connectivity index (χ0v) is 5.84. The van der Waals surface area contributed by atoms with E-state index in [2.05, 4.69) is 30.0 Å². The summed E-state index contributed by atoms with van der Waals surface area (Å²) in [5.41, 5.74) is 7.94. The molecule has 1 N–H and O–H groups in total. The smallest absolute Gasteiger partial charge is 0.315 e. The molecular formula is C4H4N6O2. The second-order valence-electron chi connectivity index (χ2n) is 1.67. The average Bonchev–Trinajstić information content (AvgIpc) is 2.50. The van der Waals surface area contributed by atoms with Crippen molar-refractivity contribution in [2.24, 2.45) is 5.11 Å². The van der Waals surface area contributed by atoms with Crippen LogP contribution in [0.5, 0.6) is 0 Å². The molecule has 0 saturated carbocycles. The maximum absolute atomic E-state index is 9.88. The van der Waals surface area contributed by atoms with Crippen LogP contribution in [0.25, 0.3) is 10.4 Å². The van der Waals surface area contributed by atoms with Crippen LogP contribution in [0.2, 0.25) is 0 Å². The molecule has 0 fully saturated rings. The number of amides is 1. The summed E-state index contributed by atoms with van der Waals surface area (Å²) in [5, 5.41) is 8.74. The van der Waals surface area contributed by atoms with Gasteiger partial charge in [0.1, 0.15) is 0 Å². The molecule has 0 aliphatic carbocycles. The predicted molar refractivity (Wildman–Crippen MR) is 36.8 cm³/mol. The minimum Gasteiger partial charge on any atom is -0.315 e. The van der Waals surface area contributed by atoms with Crippen molar-refractivity contribution in [3.8, 4) is 0 Å². The van der Waals surface area contributed by atoms with Gasteiger partial charge in [0.15, 0.2) is 5.82 Å². The largest absolute Gasteiger partial charge is 0.327 e. The van der Waals surface area contributed by atoms with Crippen LogP contribution >= 0.6 is 0 Å². The van der Waals surface area contributed by atoms with Crippen molar-refractivity contribution in [2.75, 3.05) is 5.32 Å². The summed E-state index contributed by atoms with van der Waals surface area (Å²) in [7, 11) is 0. The molecule has 0 atom stereocenters. The second kappa shape index (κ2) is 3.94. The highest BCUT2D eigenvalue weighted by atomic mass is 16.5. The number of hydrogen-bond donors (Lipinski definition) is 1. The van der Waals surface area contributed by atoms with Crippen LogP contribution in [0.15, 0.2) is 9.64 Å². The highest BCUT2D eigenvalue weighted by Crippen LogP contribution is 2.02. The highest BCUT2D eigenvalue weighted by molar-refractivity contribution is 5.65. The van der Waals surface area contributed by atoms with Crippen molar-refractivity contribution in [2.45, 2.75) is 6.54 Å². The molecule has 1 amide bonds. The first kappa shape index (κ1) is 8.02. The van der Waals surface area contributed by atoms with E-state index in [0.29, 0.717) is 6.41 Å². The summed E-state index contributed by atoms with van der Waals surface area (Å²) in [6, 6.07) is -0.0202. The Morgan fingerprint density at radius 2 is 2.67 bits per heavy atom. The van der Waals surface area contributed by atoms with Gasteiger partial charge in [-0.3, -0.25) is 10.1 Å². The summed E-state index contributed by atoms with van der Waals surface area (Å²) in [5.74, 6) is 0.220. The van der Waals surface area contributed by atoms with Gasteiger partial charge in [0.2, 0.25) is 6.41 Å². The Kier molecular flexibility index (Phi) is 2.63. The molecule has 62 valence electrons. The van der Waals surface area contributed by atoms with E-state index in [4.69, 9.17) is 5.53 Å². The van der Waals surface area contributed by atoms with E-state index in [9.17, 15) is 4.79 Å². The zero-order chi connectivity index (χ0) is 8.81. The maximum atomic E-state index is 9.88. The van der Waals surface area contributed by atoms with E-state index in [-0.39, 0.29) is 18.4 Å². The first-order valence-electron chi connectivity index (χ1n) is 2.90. The summed E-state index contributed by atoms with van der Waals surface area (Å²) < 4.78 is 4.52. The van der Waals surface area contributed by atoms with Gasteiger partial charge in [0, 0.05) is 4.91 Å². The normalized spacial score (nSPS) is 8.67. The van der Waals surface area contributed by atoms with Crippen molar-refractivity contribution in [3.63, 3.8) is 0 Å². The minimum atomic E-state index is -0.0202. The van der Waals surface area contributed by atoms with Crippen molar-refractivity contribution in [3.05, 3.63) is 16.3 Å². The summed E-state index contributed by atoms with van der Waals surface area (Å²) in [4.78, 5) is 16.0. The number of azide groups is 1. The summed E-state index contributed by atoms with van der Waals surface area (Å²) in [6.07, 6.45) is 0.408. The van der Waals surface area contributed by atoms with Gasteiger partial charge in [0.05, 0.1) is 6.54 Å². The first-order valence-corrected chi connectivity index (χ1v) is 2.90. The maximum Gasteiger partial charge on any atom is 0.327 e. The van der Waals surface area contributed by atoms with Crippen LogP contribution in [0.1, 0.15) is 5.82 Å². The molecule has 0 radical (unpaired) electrons. The molecule has 8 nitrogen and oxygen atoms in total. The number of hydrogen-bond acceptors (Lipinski definition) is 5. The van der Waals surface area contributed by atoms with Crippen LogP contribution < -0.4 is 5.32 Å². The van der Waals surface area contributed by atoms with Gasteiger partial charge in [-0.15, -0.1) is 0 Å².